The molecule has 2 aromatic heterocycles. The van der Waals surface area contributed by atoms with Gasteiger partial charge in [-0.15, -0.1) is 11.3 Å². The van der Waals surface area contributed by atoms with E-state index >= 15 is 0 Å². The minimum Gasteiger partial charge on any atom is -0.348 e. The van der Waals surface area contributed by atoms with Crippen molar-refractivity contribution in [1.29, 1.82) is 0 Å². The van der Waals surface area contributed by atoms with E-state index in [-0.39, 0.29) is 12.3 Å². The fourth-order valence-electron chi connectivity index (χ4n) is 3.35. The molecule has 8 heteroatoms. The standard InChI is InChI=1S/C21H23BrN2O3S2/c1-15-13-18(16(2)23(15)11-10-17-7-6-12-28-17)21(25)14-24(29(3,26)27)20-9-5-4-8-19(20)22/h4-9,12-13H,10-11,14H2,1-3H3. The molecule has 0 N–H and O–H groups in total. The number of anilines is 1. The molecule has 0 fully saturated rings. The number of nitrogens with zero attached hydrogens (tertiary/aromatic N) is 2. The number of carbonyl (C=O) groups is 1. The van der Waals surface area contributed by atoms with Crippen LogP contribution in [0, 0.1) is 13.8 Å². The van der Waals surface area contributed by atoms with Crippen molar-refractivity contribution in [2.24, 2.45) is 0 Å². The quantitative estimate of drug-likeness (QED) is 0.421. The Morgan fingerprint density at radius 2 is 1.90 bits per heavy atom. The van der Waals surface area contributed by atoms with Crippen LogP contribution in [0.4, 0.5) is 5.69 Å². The number of thiophene rings is 1. The molecule has 0 bridgehead atoms. The van der Waals surface area contributed by atoms with Crippen molar-refractivity contribution in [1.82, 2.24) is 4.57 Å². The van der Waals surface area contributed by atoms with Crippen molar-refractivity contribution >= 4 is 48.8 Å². The van der Waals surface area contributed by atoms with E-state index in [1.54, 1.807) is 35.6 Å². The van der Waals surface area contributed by atoms with E-state index < -0.39 is 10.0 Å². The summed E-state index contributed by atoms with van der Waals surface area (Å²) in [5.74, 6) is -0.221. The summed E-state index contributed by atoms with van der Waals surface area (Å²) in [5.41, 5.74) is 2.88. The Morgan fingerprint density at radius 3 is 2.52 bits per heavy atom. The normalized spacial score (nSPS) is 11.6. The Bertz CT molecular complexity index is 1120. The number of para-hydroxylation sites is 1. The Balaban J connectivity index is 1.85. The minimum atomic E-state index is -3.62. The maximum absolute atomic E-state index is 13.1. The second-order valence-electron chi connectivity index (χ2n) is 6.91. The van der Waals surface area contributed by atoms with E-state index in [2.05, 4.69) is 31.9 Å². The number of hydrogen-bond acceptors (Lipinski definition) is 4. The van der Waals surface area contributed by atoms with Crippen molar-refractivity contribution in [3.63, 3.8) is 0 Å². The molecule has 3 aromatic rings. The lowest BCUT2D eigenvalue weighted by Gasteiger charge is -2.22. The summed E-state index contributed by atoms with van der Waals surface area (Å²) in [6, 6.07) is 13.0. The van der Waals surface area contributed by atoms with Crippen molar-refractivity contribution in [2.75, 3.05) is 17.1 Å². The number of hydrogen-bond donors (Lipinski definition) is 0. The maximum Gasteiger partial charge on any atom is 0.232 e. The summed E-state index contributed by atoms with van der Waals surface area (Å²) in [7, 11) is -3.62. The van der Waals surface area contributed by atoms with E-state index in [9.17, 15) is 13.2 Å². The highest BCUT2D eigenvalue weighted by Crippen LogP contribution is 2.28. The zero-order valence-electron chi connectivity index (χ0n) is 16.6. The van der Waals surface area contributed by atoms with Gasteiger partial charge in [0.2, 0.25) is 10.0 Å². The lowest BCUT2D eigenvalue weighted by molar-refractivity contribution is 0.100. The highest BCUT2D eigenvalue weighted by molar-refractivity contribution is 9.10. The second-order valence-corrected chi connectivity index (χ2v) is 10.7. The van der Waals surface area contributed by atoms with Crippen LogP contribution in [0.5, 0.6) is 0 Å². The smallest absolute Gasteiger partial charge is 0.232 e. The molecule has 5 nitrogen and oxygen atoms in total. The van der Waals surface area contributed by atoms with Crippen LogP contribution in [-0.2, 0) is 23.0 Å². The Hall–Kier alpha value is -1.90. The molecule has 0 unspecified atom stereocenters. The fourth-order valence-corrected chi connectivity index (χ4v) is 5.54. The summed E-state index contributed by atoms with van der Waals surface area (Å²) < 4.78 is 28.7. The van der Waals surface area contributed by atoms with Gasteiger partial charge in [0.1, 0.15) is 0 Å². The van der Waals surface area contributed by atoms with Gasteiger partial charge in [0.25, 0.3) is 0 Å². The van der Waals surface area contributed by atoms with Crippen LogP contribution in [-0.4, -0.2) is 31.6 Å². The van der Waals surface area contributed by atoms with Crippen molar-refractivity contribution in [3.8, 4) is 0 Å². The van der Waals surface area contributed by atoms with E-state index in [0.29, 0.717) is 15.7 Å². The van der Waals surface area contributed by atoms with Gasteiger partial charge in [-0.1, -0.05) is 18.2 Å². The summed E-state index contributed by atoms with van der Waals surface area (Å²) in [4.78, 5) is 14.4. The first-order valence-corrected chi connectivity index (χ1v) is 12.6. The Morgan fingerprint density at radius 1 is 1.17 bits per heavy atom. The lowest BCUT2D eigenvalue weighted by Crippen LogP contribution is -2.35. The highest BCUT2D eigenvalue weighted by atomic mass is 79.9. The fraction of sp³-hybridized carbons (Fsp3) is 0.286. The number of carbonyl (C=O) groups excluding carboxylic acids is 1. The zero-order chi connectivity index (χ0) is 21.2. The monoisotopic (exact) mass is 494 g/mol. The first kappa shape index (κ1) is 21.8. The van der Waals surface area contributed by atoms with Gasteiger partial charge in [-0.2, -0.15) is 0 Å². The molecule has 0 aliphatic heterocycles. The van der Waals surface area contributed by atoms with Gasteiger partial charge in [-0.3, -0.25) is 9.10 Å². The number of rotatable bonds is 8. The number of Topliss-reactive ketones (excluding diaryl/α,β-unsaturated/α-hetero) is 1. The molecule has 3 rings (SSSR count). The van der Waals surface area contributed by atoms with Crippen LogP contribution in [0.1, 0.15) is 26.6 Å². The Kier molecular flexibility index (Phi) is 6.65. The van der Waals surface area contributed by atoms with Gasteiger partial charge in [0, 0.05) is 32.8 Å². The molecule has 1 aromatic carbocycles. The minimum absolute atomic E-state index is 0.221. The van der Waals surface area contributed by atoms with Gasteiger partial charge in [-0.05, 0) is 65.8 Å². The number of halogens is 1. The zero-order valence-corrected chi connectivity index (χ0v) is 19.8. The summed E-state index contributed by atoms with van der Waals surface area (Å²) in [6.45, 7) is 4.43. The number of benzene rings is 1. The lowest BCUT2D eigenvalue weighted by atomic mass is 10.1. The molecule has 0 amide bonds. The predicted molar refractivity (Wildman–Crippen MR) is 123 cm³/mol. The van der Waals surface area contributed by atoms with Crippen LogP contribution in [0.2, 0.25) is 0 Å². The first-order valence-electron chi connectivity index (χ1n) is 9.13. The third-order valence-corrected chi connectivity index (χ3v) is 7.58. The van der Waals surface area contributed by atoms with E-state index in [1.807, 2.05) is 26.0 Å². The molecule has 0 spiro atoms. The van der Waals surface area contributed by atoms with E-state index in [1.165, 1.54) is 4.88 Å². The molecule has 0 atom stereocenters. The van der Waals surface area contributed by atoms with Crippen molar-refractivity contribution in [2.45, 2.75) is 26.8 Å². The van der Waals surface area contributed by atoms with Crippen LogP contribution in [0.25, 0.3) is 0 Å². The second kappa shape index (κ2) is 8.85. The maximum atomic E-state index is 13.1. The van der Waals surface area contributed by atoms with Crippen molar-refractivity contribution in [3.05, 3.63) is 74.1 Å². The SMILES string of the molecule is Cc1cc(C(=O)CN(c2ccccc2Br)S(C)(=O)=O)c(C)n1CCc1cccs1. The van der Waals surface area contributed by atoms with Crippen molar-refractivity contribution < 1.29 is 13.2 Å². The average molecular weight is 495 g/mol. The number of aromatic nitrogens is 1. The van der Waals surface area contributed by atoms with Crippen LogP contribution in [0.15, 0.2) is 52.3 Å². The largest absolute Gasteiger partial charge is 0.348 e. The number of ketones is 1. The molecule has 29 heavy (non-hydrogen) atoms. The molecule has 0 saturated carbocycles. The van der Waals surface area contributed by atoms with Gasteiger partial charge in [-0.25, -0.2) is 8.42 Å². The summed E-state index contributed by atoms with van der Waals surface area (Å²) in [6.07, 6.45) is 2.01. The Labute approximate surface area is 184 Å². The summed E-state index contributed by atoms with van der Waals surface area (Å²) >= 11 is 5.10. The molecule has 2 heterocycles. The predicted octanol–water partition coefficient (Wildman–Crippen LogP) is 4.82. The number of aryl methyl sites for hydroxylation is 2. The van der Waals surface area contributed by atoms with E-state index in [0.717, 1.165) is 34.9 Å². The third kappa shape index (κ3) is 4.99. The van der Waals surface area contributed by atoms with Gasteiger partial charge >= 0.3 is 0 Å². The molecular weight excluding hydrogens is 472 g/mol. The van der Waals surface area contributed by atoms with Crippen LogP contribution >= 0.6 is 27.3 Å². The average Bonchev–Trinajstić information content (AvgIpc) is 3.26. The van der Waals surface area contributed by atoms with Crippen LogP contribution < -0.4 is 4.31 Å². The first-order chi connectivity index (χ1) is 13.7. The molecule has 154 valence electrons. The molecule has 0 radical (unpaired) electrons. The highest BCUT2D eigenvalue weighted by Gasteiger charge is 2.25. The molecule has 0 aliphatic rings. The van der Waals surface area contributed by atoms with E-state index in [4.69, 9.17) is 0 Å². The topological polar surface area (TPSA) is 59.4 Å². The molecule has 0 aliphatic carbocycles. The molecule has 0 saturated heterocycles. The number of sulfonamides is 1. The van der Waals surface area contributed by atoms with Gasteiger partial charge < -0.3 is 4.57 Å². The van der Waals surface area contributed by atoms with Gasteiger partial charge in [0.15, 0.2) is 5.78 Å². The third-order valence-electron chi connectivity index (χ3n) is 4.84. The molecular formula is C21H23BrN2O3S2. The van der Waals surface area contributed by atoms with Gasteiger partial charge in [0.05, 0.1) is 18.5 Å². The van der Waals surface area contributed by atoms with Crippen LogP contribution in [0.3, 0.4) is 0 Å². The summed E-state index contributed by atoms with van der Waals surface area (Å²) in [5, 5.41) is 2.06.